The lowest BCUT2D eigenvalue weighted by atomic mass is 9.85. The van der Waals surface area contributed by atoms with Crippen LogP contribution in [0.15, 0.2) is 30.3 Å². The van der Waals surface area contributed by atoms with Crippen molar-refractivity contribution < 1.29 is 14.3 Å². The van der Waals surface area contributed by atoms with E-state index in [1.54, 1.807) is 4.90 Å². The van der Waals surface area contributed by atoms with Crippen LogP contribution in [0.4, 0.5) is 4.79 Å². The summed E-state index contributed by atoms with van der Waals surface area (Å²) < 4.78 is 5.32. The fourth-order valence-corrected chi connectivity index (χ4v) is 4.35. The average Bonchev–Trinajstić information content (AvgIpc) is 2.80. The first-order chi connectivity index (χ1) is 15.7. The lowest BCUT2D eigenvalue weighted by Crippen LogP contribution is -2.60. The summed E-state index contributed by atoms with van der Waals surface area (Å²) in [6.45, 7) is 10.4. The number of carbonyl (C=O) groups excluding carboxylic acids is 2. The van der Waals surface area contributed by atoms with Gasteiger partial charge in [0.05, 0.1) is 19.3 Å². The minimum absolute atomic E-state index is 0.168. The van der Waals surface area contributed by atoms with Gasteiger partial charge in [-0.05, 0) is 30.2 Å². The third-order valence-electron chi connectivity index (χ3n) is 6.26. The maximum absolute atomic E-state index is 13.3. The molecule has 3 amide bonds. The quantitative estimate of drug-likeness (QED) is 0.687. The molecule has 3 rings (SSSR count). The summed E-state index contributed by atoms with van der Waals surface area (Å²) in [6.07, 6.45) is 1.60. The number of urea groups is 1. The Hall–Kier alpha value is -2.63. The molecule has 2 fully saturated rings. The van der Waals surface area contributed by atoms with Crippen molar-refractivity contribution in [2.24, 2.45) is 5.41 Å². The number of hydrogen-bond donors (Lipinski definition) is 2. The smallest absolute Gasteiger partial charge is 0.318 e. The van der Waals surface area contributed by atoms with E-state index in [1.807, 2.05) is 39.0 Å². The van der Waals surface area contributed by atoms with Gasteiger partial charge in [-0.1, -0.05) is 51.1 Å². The summed E-state index contributed by atoms with van der Waals surface area (Å²) in [6, 6.07) is 11.7. The number of nitrogens with one attached hydrogen (secondary N) is 2. The Kier molecular flexibility index (Phi) is 8.33. The fraction of sp³-hybridized carbons (Fsp3) is 0.640. The molecule has 2 aliphatic heterocycles. The Morgan fingerprint density at radius 1 is 1.12 bits per heavy atom. The minimum Gasteiger partial charge on any atom is -0.378 e. The predicted molar refractivity (Wildman–Crippen MR) is 126 cm³/mol. The van der Waals surface area contributed by atoms with Crippen LogP contribution in [0.3, 0.4) is 0 Å². The minimum atomic E-state index is -0.913. The molecule has 180 valence electrons. The van der Waals surface area contributed by atoms with Crippen molar-refractivity contribution >= 4 is 11.9 Å². The van der Waals surface area contributed by atoms with E-state index in [-0.39, 0.29) is 17.4 Å². The van der Waals surface area contributed by atoms with Gasteiger partial charge in [0.25, 0.3) is 0 Å². The highest BCUT2D eigenvalue weighted by molar-refractivity contribution is 5.88. The van der Waals surface area contributed by atoms with Gasteiger partial charge < -0.3 is 20.3 Å². The van der Waals surface area contributed by atoms with Gasteiger partial charge in [0, 0.05) is 32.7 Å². The van der Waals surface area contributed by atoms with Crippen LogP contribution in [0.5, 0.6) is 0 Å². The largest absolute Gasteiger partial charge is 0.378 e. The van der Waals surface area contributed by atoms with E-state index in [4.69, 9.17) is 4.74 Å². The number of likely N-dealkylation sites (tertiary alicyclic amines) is 1. The number of carbonyl (C=O) groups is 2. The number of nitrogens with zero attached hydrogens (tertiary/aromatic N) is 3. The number of rotatable bonds is 6. The zero-order valence-electron chi connectivity index (χ0n) is 20.1. The molecule has 0 aromatic heterocycles. The Bertz CT molecular complexity index is 832. The molecule has 8 heteroatoms. The monoisotopic (exact) mass is 455 g/mol. The molecule has 1 aromatic carbocycles. The predicted octanol–water partition coefficient (Wildman–Crippen LogP) is 2.51. The van der Waals surface area contributed by atoms with Crippen molar-refractivity contribution in [1.29, 1.82) is 5.26 Å². The number of benzene rings is 1. The summed E-state index contributed by atoms with van der Waals surface area (Å²) >= 11 is 0. The number of nitriles is 1. The van der Waals surface area contributed by atoms with Gasteiger partial charge in [0.1, 0.15) is 11.6 Å². The normalized spacial score (nSPS) is 19.9. The molecular weight excluding hydrogens is 418 g/mol. The summed E-state index contributed by atoms with van der Waals surface area (Å²) in [5.74, 6) is -0.287. The van der Waals surface area contributed by atoms with Crippen molar-refractivity contribution in [1.82, 2.24) is 20.4 Å². The van der Waals surface area contributed by atoms with Crippen LogP contribution in [0, 0.1) is 16.7 Å². The van der Waals surface area contributed by atoms with E-state index < -0.39 is 11.6 Å². The summed E-state index contributed by atoms with van der Waals surface area (Å²) in [5.41, 5.74) is 0.158. The molecule has 1 aromatic rings. The lowest BCUT2D eigenvalue weighted by Gasteiger charge is -2.39. The first-order valence-corrected chi connectivity index (χ1v) is 11.8. The standard InChI is InChI=1S/C25H37N5O3/c1-24(2,3)17-21(27-23(32)30-13-15-33-16-14-30)22(31)28-25(19-26)9-11-29(12-10-25)18-20-7-5-4-6-8-20/h4-8,21H,9-18H2,1-3H3,(H,27,32)(H,28,31). The van der Waals surface area contributed by atoms with Crippen LogP contribution in [0.1, 0.15) is 45.6 Å². The van der Waals surface area contributed by atoms with Gasteiger partial charge in [0.15, 0.2) is 0 Å². The first-order valence-electron chi connectivity index (χ1n) is 11.8. The highest BCUT2D eigenvalue weighted by Crippen LogP contribution is 2.25. The highest BCUT2D eigenvalue weighted by atomic mass is 16.5. The summed E-state index contributed by atoms with van der Waals surface area (Å²) in [5, 5.41) is 15.9. The second-order valence-electron chi connectivity index (χ2n) is 10.3. The zero-order valence-corrected chi connectivity index (χ0v) is 20.1. The molecule has 2 aliphatic rings. The Labute approximate surface area is 197 Å². The first kappa shape index (κ1) is 25.0. The average molecular weight is 456 g/mol. The van der Waals surface area contributed by atoms with Gasteiger partial charge >= 0.3 is 6.03 Å². The van der Waals surface area contributed by atoms with E-state index >= 15 is 0 Å². The van der Waals surface area contributed by atoms with E-state index in [9.17, 15) is 14.9 Å². The molecular formula is C25H37N5O3. The number of ether oxygens (including phenoxy) is 1. The third-order valence-corrected chi connectivity index (χ3v) is 6.26. The van der Waals surface area contributed by atoms with Crippen LogP contribution in [0.25, 0.3) is 0 Å². The third kappa shape index (κ3) is 7.44. The lowest BCUT2D eigenvalue weighted by molar-refractivity contribution is -0.125. The topological polar surface area (TPSA) is 97.7 Å². The van der Waals surface area contributed by atoms with E-state index in [0.29, 0.717) is 45.6 Å². The van der Waals surface area contributed by atoms with Gasteiger partial charge in [-0.2, -0.15) is 5.26 Å². The van der Waals surface area contributed by atoms with Gasteiger partial charge in [0.2, 0.25) is 5.91 Å². The van der Waals surface area contributed by atoms with Crippen LogP contribution in [0.2, 0.25) is 0 Å². The molecule has 1 unspecified atom stereocenters. The van der Waals surface area contributed by atoms with Crippen molar-refractivity contribution in [2.45, 2.75) is 58.2 Å². The van der Waals surface area contributed by atoms with Gasteiger partial charge in [-0.25, -0.2) is 4.79 Å². The van der Waals surface area contributed by atoms with Crippen LogP contribution in [-0.2, 0) is 16.1 Å². The fourth-order valence-electron chi connectivity index (χ4n) is 4.35. The molecule has 8 nitrogen and oxygen atoms in total. The molecule has 0 radical (unpaired) electrons. The van der Waals surface area contributed by atoms with Gasteiger partial charge in [-0.15, -0.1) is 0 Å². The van der Waals surface area contributed by atoms with Crippen LogP contribution < -0.4 is 10.6 Å². The Morgan fingerprint density at radius 2 is 1.76 bits per heavy atom. The molecule has 2 saturated heterocycles. The van der Waals surface area contributed by atoms with Crippen molar-refractivity contribution in [2.75, 3.05) is 39.4 Å². The second kappa shape index (κ2) is 11.0. The summed E-state index contributed by atoms with van der Waals surface area (Å²) in [7, 11) is 0. The maximum Gasteiger partial charge on any atom is 0.318 e. The van der Waals surface area contributed by atoms with E-state index in [1.165, 1.54) is 5.56 Å². The Balaban J connectivity index is 1.61. The molecule has 0 aliphatic carbocycles. The van der Waals surface area contributed by atoms with E-state index in [2.05, 4.69) is 33.7 Å². The van der Waals surface area contributed by atoms with Crippen LogP contribution >= 0.6 is 0 Å². The molecule has 0 spiro atoms. The number of hydrogen-bond acceptors (Lipinski definition) is 5. The molecule has 0 saturated carbocycles. The molecule has 2 heterocycles. The second-order valence-corrected chi connectivity index (χ2v) is 10.3. The Morgan fingerprint density at radius 3 is 2.33 bits per heavy atom. The summed E-state index contributed by atoms with van der Waals surface area (Å²) in [4.78, 5) is 30.1. The molecule has 1 atom stereocenters. The maximum atomic E-state index is 13.3. The zero-order chi connectivity index (χ0) is 23.9. The van der Waals surface area contributed by atoms with Crippen molar-refractivity contribution in [3.8, 4) is 6.07 Å². The number of piperidine rings is 1. The number of morpholine rings is 1. The van der Waals surface area contributed by atoms with Crippen molar-refractivity contribution in [3.63, 3.8) is 0 Å². The molecule has 33 heavy (non-hydrogen) atoms. The van der Waals surface area contributed by atoms with Crippen molar-refractivity contribution in [3.05, 3.63) is 35.9 Å². The van der Waals surface area contributed by atoms with Crippen LogP contribution in [-0.4, -0.2) is 72.7 Å². The van der Waals surface area contributed by atoms with Gasteiger partial charge in [-0.3, -0.25) is 9.69 Å². The SMILES string of the molecule is CC(C)(C)CC(NC(=O)N1CCOCC1)C(=O)NC1(C#N)CCN(Cc2ccccc2)CC1. The molecule has 0 bridgehead atoms. The number of amides is 3. The molecule has 2 N–H and O–H groups in total. The van der Waals surface area contributed by atoms with E-state index in [0.717, 1.165) is 19.6 Å². The highest BCUT2D eigenvalue weighted by Gasteiger charge is 2.39.